The Bertz CT molecular complexity index is 693. The summed E-state index contributed by atoms with van der Waals surface area (Å²) in [6.45, 7) is 0.615. The fourth-order valence-electron chi connectivity index (χ4n) is 2.52. The maximum absolute atomic E-state index is 14.1. The zero-order chi connectivity index (χ0) is 17.3. The van der Waals surface area contributed by atoms with Crippen LogP contribution in [0.3, 0.4) is 0 Å². The number of thioether (sulfide) groups is 1. The summed E-state index contributed by atoms with van der Waals surface area (Å²) in [4.78, 5) is 37.0. The van der Waals surface area contributed by atoms with Crippen LogP contribution in [-0.2, 0) is 4.79 Å². The van der Waals surface area contributed by atoms with Crippen molar-refractivity contribution < 1.29 is 23.9 Å². The minimum absolute atomic E-state index is 0.220. The van der Waals surface area contributed by atoms with Crippen LogP contribution in [0.2, 0.25) is 0 Å². The lowest BCUT2D eigenvalue weighted by atomic mass is 10.1. The van der Waals surface area contributed by atoms with Gasteiger partial charge in [-0.25, -0.2) is 9.18 Å². The molecule has 1 aliphatic heterocycles. The first kappa shape index (κ1) is 16.8. The van der Waals surface area contributed by atoms with E-state index in [4.69, 9.17) is 5.11 Å². The van der Waals surface area contributed by atoms with E-state index in [9.17, 15) is 18.8 Å². The highest BCUT2D eigenvalue weighted by Crippen LogP contribution is 2.28. The molecule has 1 saturated heterocycles. The van der Waals surface area contributed by atoms with E-state index in [1.54, 1.807) is 0 Å². The quantitative estimate of drug-likeness (QED) is 0.840. The van der Waals surface area contributed by atoms with E-state index in [1.165, 1.54) is 22.7 Å². The number of carboxylic acid groups (broad SMARTS) is 1. The molecule has 2 fully saturated rings. The molecule has 1 saturated carbocycles. The minimum Gasteiger partial charge on any atom is -0.478 e. The Morgan fingerprint density at radius 1 is 1.33 bits per heavy atom. The summed E-state index contributed by atoms with van der Waals surface area (Å²) < 4.78 is 14.1. The van der Waals surface area contributed by atoms with Gasteiger partial charge in [0.15, 0.2) is 0 Å². The molecule has 3 rings (SSSR count). The van der Waals surface area contributed by atoms with Crippen LogP contribution in [0.1, 0.15) is 33.6 Å². The largest absolute Gasteiger partial charge is 0.478 e. The molecule has 2 aliphatic rings. The highest BCUT2D eigenvalue weighted by molar-refractivity contribution is 7.99. The molecule has 0 radical (unpaired) electrons. The van der Waals surface area contributed by atoms with Crippen molar-refractivity contribution >= 4 is 29.5 Å². The number of nitrogens with zero attached hydrogens (tertiary/aromatic N) is 1. The Balaban J connectivity index is 1.72. The number of carbonyl (C=O) groups excluding carboxylic acids is 2. The first-order valence-electron chi connectivity index (χ1n) is 7.66. The van der Waals surface area contributed by atoms with Gasteiger partial charge >= 0.3 is 5.97 Å². The third kappa shape index (κ3) is 3.53. The highest BCUT2D eigenvalue weighted by atomic mass is 32.2. The van der Waals surface area contributed by atoms with Gasteiger partial charge < -0.3 is 15.3 Å². The summed E-state index contributed by atoms with van der Waals surface area (Å²) in [6, 6.07) is 2.54. The van der Waals surface area contributed by atoms with Crippen LogP contribution in [0.25, 0.3) is 0 Å². The molecule has 2 amide bonds. The standard InChI is InChI=1S/C16H17FN2O4S/c17-12-5-10(16(22)23)3-4-11(12)15(21)19-8-24-7-13(19)14(20)18-6-9-1-2-9/h3-5,9,13H,1-2,6-8H2,(H,18,20)(H,22,23). The van der Waals surface area contributed by atoms with Crippen molar-refractivity contribution in [2.45, 2.75) is 18.9 Å². The van der Waals surface area contributed by atoms with Crippen LogP contribution in [0, 0.1) is 11.7 Å². The van der Waals surface area contributed by atoms with Crippen molar-refractivity contribution in [2.75, 3.05) is 18.2 Å². The van der Waals surface area contributed by atoms with E-state index < -0.39 is 23.7 Å². The number of carboxylic acids is 1. The number of hydrogen-bond acceptors (Lipinski definition) is 4. The molecule has 1 aromatic carbocycles. The number of halogens is 1. The first-order valence-corrected chi connectivity index (χ1v) is 8.82. The van der Waals surface area contributed by atoms with E-state index in [2.05, 4.69) is 5.32 Å². The number of aromatic carboxylic acids is 1. The Morgan fingerprint density at radius 3 is 2.71 bits per heavy atom. The van der Waals surface area contributed by atoms with Crippen LogP contribution >= 0.6 is 11.8 Å². The molecule has 128 valence electrons. The third-order valence-corrected chi connectivity index (χ3v) is 5.17. The van der Waals surface area contributed by atoms with Gasteiger partial charge in [0.1, 0.15) is 11.9 Å². The van der Waals surface area contributed by atoms with Crippen molar-refractivity contribution in [3.63, 3.8) is 0 Å². The molecule has 1 heterocycles. The second-order valence-corrected chi connectivity index (χ2v) is 6.98. The molecule has 1 aromatic rings. The fraction of sp³-hybridized carbons (Fsp3) is 0.438. The maximum Gasteiger partial charge on any atom is 0.335 e. The summed E-state index contributed by atoms with van der Waals surface area (Å²) in [6.07, 6.45) is 2.23. The Hall–Kier alpha value is -2.09. The van der Waals surface area contributed by atoms with E-state index in [-0.39, 0.29) is 17.0 Å². The van der Waals surface area contributed by atoms with Crippen molar-refractivity contribution in [2.24, 2.45) is 5.92 Å². The molecular weight excluding hydrogens is 335 g/mol. The summed E-state index contributed by atoms with van der Waals surface area (Å²) >= 11 is 1.43. The van der Waals surface area contributed by atoms with E-state index in [0.717, 1.165) is 25.0 Å². The van der Waals surface area contributed by atoms with Gasteiger partial charge in [-0.3, -0.25) is 9.59 Å². The van der Waals surface area contributed by atoms with Gasteiger partial charge in [-0.2, -0.15) is 0 Å². The summed E-state index contributed by atoms with van der Waals surface area (Å²) in [5.41, 5.74) is -0.443. The predicted octanol–water partition coefficient (Wildman–Crippen LogP) is 1.57. The average Bonchev–Trinajstić information content (AvgIpc) is 3.25. The van der Waals surface area contributed by atoms with Crippen LogP contribution in [0.5, 0.6) is 0 Å². The molecule has 0 spiro atoms. The lowest BCUT2D eigenvalue weighted by Crippen LogP contribution is -2.47. The zero-order valence-electron chi connectivity index (χ0n) is 12.8. The minimum atomic E-state index is -1.26. The van der Waals surface area contributed by atoms with Gasteiger partial charge in [-0.15, -0.1) is 11.8 Å². The predicted molar refractivity (Wildman–Crippen MR) is 86.4 cm³/mol. The second kappa shape index (κ2) is 6.80. The van der Waals surface area contributed by atoms with Gasteiger partial charge in [-0.1, -0.05) is 0 Å². The zero-order valence-corrected chi connectivity index (χ0v) is 13.6. The van der Waals surface area contributed by atoms with Gasteiger partial charge in [0.05, 0.1) is 17.0 Å². The summed E-state index contributed by atoms with van der Waals surface area (Å²) in [5, 5.41) is 11.7. The number of nitrogens with one attached hydrogen (secondary N) is 1. The number of hydrogen-bond donors (Lipinski definition) is 2. The molecule has 0 bridgehead atoms. The van der Waals surface area contributed by atoms with Crippen LogP contribution in [0.15, 0.2) is 18.2 Å². The van der Waals surface area contributed by atoms with E-state index >= 15 is 0 Å². The van der Waals surface area contributed by atoms with Crippen molar-refractivity contribution in [3.8, 4) is 0 Å². The molecule has 2 N–H and O–H groups in total. The molecule has 8 heteroatoms. The Morgan fingerprint density at radius 2 is 2.08 bits per heavy atom. The van der Waals surface area contributed by atoms with E-state index in [0.29, 0.717) is 24.1 Å². The first-order chi connectivity index (χ1) is 11.5. The molecule has 6 nitrogen and oxygen atoms in total. The van der Waals surface area contributed by atoms with Crippen LogP contribution < -0.4 is 5.32 Å². The van der Waals surface area contributed by atoms with Gasteiger partial charge in [0.25, 0.3) is 5.91 Å². The van der Waals surface area contributed by atoms with Crippen molar-refractivity contribution in [1.82, 2.24) is 10.2 Å². The van der Waals surface area contributed by atoms with Crippen molar-refractivity contribution in [3.05, 3.63) is 35.1 Å². The van der Waals surface area contributed by atoms with Gasteiger partial charge in [0.2, 0.25) is 5.91 Å². The molecule has 1 aliphatic carbocycles. The number of amides is 2. The summed E-state index contributed by atoms with van der Waals surface area (Å²) in [7, 11) is 0. The molecule has 1 atom stereocenters. The lowest BCUT2D eigenvalue weighted by molar-refractivity contribution is -0.124. The summed E-state index contributed by atoms with van der Waals surface area (Å²) in [5.74, 6) is -1.66. The average molecular weight is 352 g/mol. The SMILES string of the molecule is O=C(O)c1ccc(C(=O)N2CSCC2C(=O)NCC2CC2)c(F)c1. The molecule has 24 heavy (non-hydrogen) atoms. The molecular formula is C16H17FN2O4S. The maximum atomic E-state index is 14.1. The van der Waals surface area contributed by atoms with Crippen LogP contribution in [0.4, 0.5) is 4.39 Å². The normalized spacial score (nSPS) is 20.0. The van der Waals surface area contributed by atoms with Crippen molar-refractivity contribution in [1.29, 1.82) is 0 Å². The monoisotopic (exact) mass is 352 g/mol. The number of rotatable bonds is 5. The van der Waals surface area contributed by atoms with Gasteiger partial charge in [-0.05, 0) is 37.0 Å². The molecule has 1 unspecified atom stereocenters. The fourth-order valence-corrected chi connectivity index (χ4v) is 3.67. The number of benzene rings is 1. The lowest BCUT2D eigenvalue weighted by Gasteiger charge is -2.23. The smallest absolute Gasteiger partial charge is 0.335 e. The molecule has 0 aromatic heterocycles. The topological polar surface area (TPSA) is 86.7 Å². The second-order valence-electron chi connectivity index (χ2n) is 5.98. The number of carbonyl (C=O) groups is 3. The Kier molecular flexibility index (Phi) is 4.75. The Labute approximate surface area is 142 Å². The van der Waals surface area contributed by atoms with Crippen LogP contribution in [-0.4, -0.2) is 52.0 Å². The third-order valence-electron chi connectivity index (χ3n) is 4.15. The highest BCUT2D eigenvalue weighted by Gasteiger charge is 2.36. The van der Waals surface area contributed by atoms with Gasteiger partial charge in [0, 0.05) is 12.3 Å². The van der Waals surface area contributed by atoms with E-state index in [1.807, 2.05) is 0 Å².